The van der Waals surface area contributed by atoms with Crippen molar-refractivity contribution in [1.29, 1.82) is 0 Å². The van der Waals surface area contributed by atoms with Gasteiger partial charge in [0.15, 0.2) is 0 Å². The van der Waals surface area contributed by atoms with E-state index >= 15 is 0 Å². The predicted molar refractivity (Wildman–Crippen MR) is 104 cm³/mol. The maximum Gasteiger partial charge on any atom is 0.230 e. The fraction of sp³-hybridized carbons (Fsp3) is 0.263. The first-order chi connectivity index (χ1) is 12.2. The van der Waals surface area contributed by atoms with E-state index in [1.165, 1.54) is 0 Å². The molecule has 0 radical (unpaired) electrons. The minimum Gasteiger partial charge on any atom is -0.480 e. The number of benzene rings is 1. The van der Waals surface area contributed by atoms with Crippen LogP contribution in [0.4, 0.5) is 0 Å². The van der Waals surface area contributed by atoms with E-state index in [1.54, 1.807) is 18.4 Å². The largest absolute Gasteiger partial charge is 0.480 e. The van der Waals surface area contributed by atoms with Gasteiger partial charge in [-0.25, -0.2) is 4.98 Å². The van der Waals surface area contributed by atoms with E-state index < -0.39 is 0 Å². The van der Waals surface area contributed by atoms with Crippen molar-refractivity contribution in [3.8, 4) is 16.5 Å². The summed E-state index contributed by atoms with van der Waals surface area (Å²) in [6.07, 6.45) is 2.73. The van der Waals surface area contributed by atoms with E-state index in [1.807, 2.05) is 36.5 Å². The van der Waals surface area contributed by atoms with Gasteiger partial charge in [0.2, 0.25) is 5.88 Å². The minimum absolute atomic E-state index is 0.475. The van der Waals surface area contributed by atoms with E-state index in [9.17, 15) is 0 Å². The third-order valence-corrected chi connectivity index (χ3v) is 5.28. The Bertz CT molecular complexity index is 834. The van der Waals surface area contributed by atoms with Crippen LogP contribution in [0.2, 0.25) is 0 Å². The third kappa shape index (κ3) is 4.66. The summed E-state index contributed by atoms with van der Waals surface area (Å²) in [4.78, 5) is 9.92. The second-order valence-electron chi connectivity index (χ2n) is 5.46. The van der Waals surface area contributed by atoms with Crippen LogP contribution in [0.1, 0.15) is 23.1 Å². The Balaban J connectivity index is 1.70. The highest BCUT2D eigenvalue weighted by Crippen LogP contribution is 2.33. The topological polar surface area (TPSA) is 44.2 Å². The van der Waals surface area contributed by atoms with Crippen molar-refractivity contribution in [1.82, 2.24) is 9.97 Å². The van der Waals surface area contributed by atoms with Gasteiger partial charge in [-0.1, -0.05) is 35.0 Å². The molecule has 2 heterocycles. The molecular formula is C19H19BrN2O2S. The normalized spacial score (nSPS) is 10.8. The molecule has 1 aromatic carbocycles. The Labute approximate surface area is 160 Å². The lowest BCUT2D eigenvalue weighted by molar-refractivity contribution is 0.107. The van der Waals surface area contributed by atoms with Gasteiger partial charge in [0.1, 0.15) is 5.01 Å². The summed E-state index contributed by atoms with van der Waals surface area (Å²) < 4.78 is 12.3. The lowest BCUT2D eigenvalue weighted by Crippen LogP contribution is -1.94. The van der Waals surface area contributed by atoms with Crippen LogP contribution in [0.3, 0.4) is 0 Å². The van der Waals surface area contributed by atoms with Crippen LogP contribution in [0.15, 0.2) is 47.1 Å². The molecule has 0 amide bonds. The van der Waals surface area contributed by atoms with Gasteiger partial charge in [0.05, 0.1) is 25.2 Å². The standard InChI is InChI=1S/C19H19BrN2O2S/c1-3-16-10-14(8-9-21-16)19-22-18(23-2)17(25-19)12-24-11-13-4-6-15(20)7-5-13/h4-10H,3,11-12H2,1-2H3. The lowest BCUT2D eigenvalue weighted by Gasteiger charge is -2.04. The SMILES string of the molecule is CCc1cc(-c2nc(OC)c(COCc3ccc(Br)cc3)s2)ccn1. The number of aryl methyl sites for hydroxylation is 1. The van der Waals surface area contributed by atoms with Crippen molar-refractivity contribution in [2.24, 2.45) is 0 Å². The molecule has 0 bridgehead atoms. The zero-order valence-corrected chi connectivity index (χ0v) is 16.6. The highest BCUT2D eigenvalue weighted by molar-refractivity contribution is 9.10. The van der Waals surface area contributed by atoms with E-state index in [0.29, 0.717) is 19.1 Å². The van der Waals surface area contributed by atoms with Crippen LogP contribution in [0.5, 0.6) is 5.88 Å². The molecule has 3 aromatic rings. The van der Waals surface area contributed by atoms with Crippen molar-refractivity contribution in [2.75, 3.05) is 7.11 Å². The molecule has 0 saturated heterocycles. The summed E-state index contributed by atoms with van der Waals surface area (Å²) in [7, 11) is 1.64. The number of aromatic nitrogens is 2. The molecule has 0 aliphatic carbocycles. The van der Waals surface area contributed by atoms with Gasteiger partial charge in [-0.2, -0.15) is 0 Å². The summed E-state index contributed by atoms with van der Waals surface area (Å²) in [5, 5.41) is 0.927. The zero-order chi connectivity index (χ0) is 17.6. The first-order valence-electron chi connectivity index (χ1n) is 8.00. The molecule has 0 spiro atoms. The van der Waals surface area contributed by atoms with Crippen molar-refractivity contribution < 1.29 is 9.47 Å². The van der Waals surface area contributed by atoms with Gasteiger partial charge < -0.3 is 9.47 Å². The quantitative estimate of drug-likeness (QED) is 0.524. The van der Waals surface area contributed by atoms with Crippen LogP contribution in [-0.4, -0.2) is 17.1 Å². The molecule has 0 saturated carbocycles. The number of rotatable bonds is 7. The van der Waals surface area contributed by atoms with Crippen molar-refractivity contribution >= 4 is 27.3 Å². The lowest BCUT2D eigenvalue weighted by atomic mass is 10.2. The Morgan fingerprint density at radius 1 is 1.12 bits per heavy atom. The second-order valence-corrected chi connectivity index (χ2v) is 7.46. The molecule has 0 atom stereocenters. The van der Waals surface area contributed by atoms with E-state index in [2.05, 4.69) is 38.9 Å². The van der Waals surface area contributed by atoms with E-state index in [0.717, 1.165) is 37.6 Å². The molecule has 130 valence electrons. The van der Waals surface area contributed by atoms with Crippen LogP contribution >= 0.6 is 27.3 Å². The molecule has 0 aliphatic rings. The predicted octanol–water partition coefficient (Wildman–Crippen LogP) is 5.26. The van der Waals surface area contributed by atoms with Gasteiger partial charge >= 0.3 is 0 Å². The van der Waals surface area contributed by atoms with Crippen molar-refractivity contribution in [3.05, 3.63) is 63.2 Å². The van der Waals surface area contributed by atoms with Gasteiger partial charge in [-0.3, -0.25) is 4.98 Å². The number of thiazole rings is 1. The second kappa shape index (κ2) is 8.56. The van der Waals surface area contributed by atoms with Crippen molar-refractivity contribution in [3.63, 3.8) is 0 Å². The van der Waals surface area contributed by atoms with Gasteiger partial charge in [-0.05, 0) is 36.2 Å². The van der Waals surface area contributed by atoms with E-state index in [-0.39, 0.29) is 0 Å². The molecule has 4 nitrogen and oxygen atoms in total. The van der Waals surface area contributed by atoms with Crippen LogP contribution in [0, 0.1) is 0 Å². The van der Waals surface area contributed by atoms with Crippen LogP contribution in [0.25, 0.3) is 10.6 Å². The summed E-state index contributed by atoms with van der Waals surface area (Å²) in [6.45, 7) is 3.12. The molecular weight excluding hydrogens is 400 g/mol. The fourth-order valence-electron chi connectivity index (χ4n) is 2.36. The third-order valence-electron chi connectivity index (χ3n) is 3.70. The molecule has 6 heteroatoms. The highest BCUT2D eigenvalue weighted by atomic mass is 79.9. The summed E-state index contributed by atoms with van der Waals surface area (Å²) >= 11 is 5.03. The Hall–Kier alpha value is -1.76. The van der Waals surface area contributed by atoms with Crippen LogP contribution in [-0.2, 0) is 24.4 Å². The van der Waals surface area contributed by atoms with Crippen molar-refractivity contribution in [2.45, 2.75) is 26.6 Å². The monoisotopic (exact) mass is 418 g/mol. The number of nitrogens with zero attached hydrogens (tertiary/aromatic N) is 2. The number of pyridine rings is 1. The molecule has 3 rings (SSSR count). The molecule has 0 fully saturated rings. The van der Waals surface area contributed by atoms with Gasteiger partial charge in [0, 0.05) is 21.9 Å². The van der Waals surface area contributed by atoms with E-state index in [4.69, 9.17) is 9.47 Å². The summed E-state index contributed by atoms with van der Waals surface area (Å²) in [6, 6.07) is 12.2. The molecule has 0 aliphatic heterocycles. The van der Waals surface area contributed by atoms with Crippen LogP contribution < -0.4 is 4.74 Å². The Morgan fingerprint density at radius 2 is 1.92 bits per heavy atom. The first kappa shape index (κ1) is 18.0. The Morgan fingerprint density at radius 3 is 2.64 bits per heavy atom. The number of methoxy groups -OCH3 is 1. The summed E-state index contributed by atoms with van der Waals surface area (Å²) in [5.41, 5.74) is 3.25. The number of ether oxygens (including phenoxy) is 2. The Kier molecular flexibility index (Phi) is 6.18. The zero-order valence-electron chi connectivity index (χ0n) is 14.2. The summed E-state index contributed by atoms with van der Waals surface area (Å²) in [5.74, 6) is 0.630. The number of halogens is 1. The molecule has 25 heavy (non-hydrogen) atoms. The average molecular weight is 419 g/mol. The first-order valence-corrected chi connectivity index (χ1v) is 9.61. The molecule has 0 N–H and O–H groups in total. The molecule has 0 unspecified atom stereocenters. The number of hydrogen-bond acceptors (Lipinski definition) is 5. The maximum atomic E-state index is 5.84. The average Bonchev–Trinajstić information content (AvgIpc) is 3.07. The number of hydrogen-bond donors (Lipinski definition) is 0. The smallest absolute Gasteiger partial charge is 0.230 e. The minimum atomic E-state index is 0.475. The highest BCUT2D eigenvalue weighted by Gasteiger charge is 2.14. The maximum absolute atomic E-state index is 5.84. The van der Waals surface area contributed by atoms with Gasteiger partial charge in [0.25, 0.3) is 0 Å². The molecule has 2 aromatic heterocycles. The fourth-order valence-corrected chi connectivity index (χ4v) is 3.59. The van der Waals surface area contributed by atoms with Gasteiger partial charge in [-0.15, -0.1) is 11.3 Å².